The fourth-order valence-corrected chi connectivity index (χ4v) is 5.67. The monoisotopic (exact) mass is 404 g/mol. The number of hydrogen-bond acceptors (Lipinski definition) is 3. The van der Waals surface area contributed by atoms with Crippen LogP contribution in [0.2, 0.25) is 0 Å². The normalized spacial score (nSPS) is 19.1. The molecule has 0 radical (unpaired) electrons. The molecule has 4 nitrogen and oxygen atoms in total. The van der Waals surface area contributed by atoms with Crippen molar-refractivity contribution < 1.29 is 12.8 Å². The molecule has 1 unspecified atom stereocenters. The standard InChI is InChI=1S/C22H29FN2O2S/c1-16(15-24)9-10-18-11-12-19(14-21(18)23)20-7-3-4-8-22(20)28(26,27)25-13-5-6-17(25)2/h3-4,7-8,11-12,14,16-17H,5-6,9-10,13,15,24H2,1-2H3/t16?,17-/m1/s1. The zero-order valence-corrected chi connectivity index (χ0v) is 17.4. The summed E-state index contributed by atoms with van der Waals surface area (Å²) in [5.41, 5.74) is 7.40. The van der Waals surface area contributed by atoms with Crippen molar-refractivity contribution in [1.82, 2.24) is 4.31 Å². The Bertz CT molecular complexity index is 930. The summed E-state index contributed by atoms with van der Waals surface area (Å²) in [6, 6.07) is 11.9. The molecule has 0 amide bonds. The summed E-state index contributed by atoms with van der Waals surface area (Å²) in [5.74, 6) is 0.0378. The van der Waals surface area contributed by atoms with Gasteiger partial charge in [0.25, 0.3) is 0 Å². The maximum Gasteiger partial charge on any atom is 0.243 e. The molecule has 0 spiro atoms. The number of rotatable bonds is 7. The molecule has 2 aromatic carbocycles. The molecule has 6 heteroatoms. The van der Waals surface area contributed by atoms with Crippen LogP contribution in [0, 0.1) is 11.7 Å². The van der Waals surface area contributed by atoms with E-state index < -0.39 is 10.0 Å². The predicted octanol–water partition coefficient (Wildman–Crippen LogP) is 4.19. The van der Waals surface area contributed by atoms with Crippen LogP contribution in [0.3, 0.4) is 0 Å². The molecule has 28 heavy (non-hydrogen) atoms. The van der Waals surface area contributed by atoms with Gasteiger partial charge >= 0.3 is 0 Å². The number of hydrogen-bond donors (Lipinski definition) is 1. The number of benzene rings is 2. The van der Waals surface area contributed by atoms with Crippen LogP contribution in [0.5, 0.6) is 0 Å². The first-order chi connectivity index (χ1) is 13.3. The van der Waals surface area contributed by atoms with Crippen molar-refractivity contribution in [2.75, 3.05) is 13.1 Å². The lowest BCUT2D eigenvalue weighted by atomic mass is 9.98. The van der Waals surface area contributed by atoms with Crippen LogP contribution in [-0.4, -0.2) is 31.9 Å². The zero-order valence-electron chi connectivity index (χ0n) is 16.6. The largest absolute Gasteiger partial charge is 0.330 e. The van der Waals surface area contributed by atoms with Gasteiger partial charge in [-0.1, -0.05) is 37.3 Å². The van der Waals surface area contributed by atoms with Crippen LogP contribution >= 0.6 is 0 Å². The second kappa shape index (κ2) is 8.72. The van der Waals surface area contributed by atoms with E-state index in [0.717, 1.165) is 19.3 Å². The lowest BCUT2D eigenvalue weighted by Crippen LogP contribution is -2.33. The second-order valence-corrected chi connectivity index (χ2v) is 9.65. The molecule has 1 fully saturated rings. The lowest BCUT2D eigenvalue weighted by molar-refractivity contribution is 0.408. The second-order valence-electron chi connectivity index (χ2n) is 7.79. The van der Waals surface area contributed by atoms with Crippen molar-refractivity contribution in [3.63, 3.8) is 0 Å². The molecule has 2 atom stereocenters. The van der Waals surface area contributed by atoms with Gasteiger partial charge in [-0.3, -0.25) is 0 Å². The number of nitrogens with zero attached hydrogens (tertiary/aromatic N) is 1. The molecule has 0 aromatic heterocycles. The van der Waals surface area contributed by atoms with Crippen molar-refractivity contribution in [2.24, 2.45) is 11.7 Å². The summed E-state index contributed by atoms with van der Waals surface area (Å²) in [4.78, 5) is 0.243. The van der Waals surface area contributed by atoms with Crippen molar-refractivity contribution in [3.05, 3.63) is 53.8 Å². The van der Waals surface area contributed by atoms with Crippen molar-refractivity contribution in [3.8, 4) is 11.1 Å². The fourth-order valence-electron chi connectivity index (χ4n) is 3.76. The third-order valence-corrected chi connectivity index (χ3v) is 7.71. The maximum absolute atomic E-state index is 14.7. The van der Waals surface area contributed by atoms with Gasteiger partial charge < -0.3 is 5.73 Å². The number of aryl methyl sites for hydroxylation is 1. The van der Waals surface area contributed by atoms with Crippen LogP contribution in [-0.2, 0) is 16.4 Å². The summed E-state index contributed by atoms with van der Waals surface area (Å²) in [7, 11) is -3.62. The summed E-state index contributed by atoms with van der Waals surface area (Å²) in [6.07, 6.45) is 3.18. The van der Waals surface area contributed by atoms with E-state index in [1.165, 1.54) is 6.07 Å². The third-order valence-electron chi connectivity index (χ3n) is 5.64. The molecule has 3 rings (SSSR count). The smallest absolute Gasteiger partial charge is 0.243 e. The highest BCUT2D eigenvalue weighted by Gasteiger charge is 2.34. The molecule has 2 aromatic rings. The van der Waals surface area contributed by atoms with Gasteiger partial charge in [0.2, 0.25) is 10.0 Å². The molecular weight excluding hydrogens is 375 g/mol. The SMILES string of the molecule is CC(CN)CCc1ccc(-c2ccccc2S(=O)(=O)N2CCC[C@H]2C)cc1F. The van der Waals surface area contributed by atoms with Crippen LogP contribution in [0.15, 0.2) is 47.4 Å². The Morgan fingerprint density at radius 2 is 2.00 bits per heavy atom. The minimum atomic E-state index is -3.62. The topological polar surface area (TPSA) is 63.4 Å². The Morgan fingerprint density at radius 3 is 2.64 bits per heavy atom. The first kappa shape index (κ1) is 21.0. The Labute approximate surface area is 167 Å². The molecule has 0 aliphatic carbocycles. The molecule has 1 aliphatic heterocycles. The average molecular weight is 405 g/mol. The van der Waals surface area contributed by atoms with E-state index in [1.807, 2.05) is 19.9 Å². The van der Waals surface area contributed by atoms with Crippen LogP contribution in [0.4, 0.5) is 4.39 Å². The van der Waals surface area contributed by atoms with Crippen molar-refractivity contribution >= 4 is 10.0 Å². The number of sulfonamides is 1. The molecule has 1 aliphatic rings. The Hall–Kier alpha value is -1.76. The molecule has 0 bridgehead atoms. The van der Waals surface area contributed by atoms with E-state index in [2.05, 4.69) is 0 Å². The Morgan fingerprint density at radius 1 is 1.25 bits per heavy atom. The molecule has 152 valence electrons. The van der Waals surface area contributed by atoms with E-state index >= 15 is 0 Å². The lowest BCUT2D eigenvalue weighted by Gasteiger charge is -2.22. The first-order valence-electron chi connectivity index (χ1n) is 9.94. The maximum atomic E-state index is 14.7. The van der Waals surface area contributed by atoms with E-state index in [1.54, 1.807) is 34.6 Å². The fraction of sp³-hybridized carbons (Fsp3) is 0.455. The summed E-state index contributed by atoms with van der Waals surface area (Å²) in [5, 5.41) is 0. The third kappa shape index (κ3) is 4.29. The first-order valence-corrected chi connectivity index (χ1v) is 11.4. The highest BCUT2D eigenvalue weighted by molar-refractivity contribution is 7.89. The summed E-state index contributed by atoms with van der Waals surface area (Å²) >= 11 is 0. The van der Waals surface area contributed by atoms with Gasteiger partial charge in [-0.15, -0.1) is 0 Å². The quantitative estimate of drug-likeness (QED) is 0.752. The van der Waals surface area contributed by atoms with Gasteiger partial charge in [0, 0.05) is 18.2 Å². The van der Waals surface area contributed by atoms with Crippen LogP contribution < -0.4 is 5.73 Å². The zero-order chi connectivity index (χ0) is 20.3. The molecule has 1 heterocycles. The molecule has 2 N–H and O–H groups in total. The van der Waals surface area contributed by atoms with Gasteiger partial charge in [0.1, 0.15) is 5.82 Å². The highest BCUT2D eigenvalue weighted by Crippen LogP contribution is 2.33. The van der Waals surface area contributed by atoms with Crippen molar-refractivity contribution in [1.29, 1.82) is 0 Å². The summed E-state index contributed by atoms with van der Waals surface area (Å²) < 4.78 is 42.7. The molecular formula is C22H29FN2O2S. The number of halogens is 1. The van der Waals surface area contributed by atoms with Crippen molar-refractivity contribution in [2.45, 2.75) is 50.5 Å². The predicted molar refractivity (Wildman–Crippen MR) is 111 cm³/mol. The van der Waals surface area contributed by atoms with E-state index in [4.69, 9.17) is 5.73 Å². The summed E-state index contributed by atoms with van der Waals surface area (Å²) in [6.45, 7) is 5.10. The minimum absolute atomic E-state index is 0.0123. The number of nitrogens with two attached hydrogens (primary N) is 1. The molecule has 1 saturated heterocycles. The van der Waals surface area contributed by atoms with Crippen LogP contribution in [0.25, 0.3) is 11.1 Å². The van der Waals surface area contributed by atoms with Gasteiger partial charge in [-0.05, 0) is 68.3 Å². The van der Waals surface area contributed by atoms with Crippen LogP contribution in [0.1, 0.15) is 38.7 Å². The Kier molecular flexibility index (Phi) is 6.53. The van der Waals surface area contributed by atoms with E-state index in [-0.39, 0.29) is 16.8 Å². The molecule has 0 saturated carbocycles. The minimum Gasteiger partial charge on any atom is -0.330 e. The Balaban J connectivity index is 1.94. The van der Waals surface area contributed by atoms with Gasteiger partial charge in [-0.2, -0.15) is 4.31 Å². The van der Waals surface area contributed by atoms with Gasteiger partial charge in [0.05, 0.1) is 4.90 Å². The van der Waals surface area contributed by atoms with Gasteiger partial charge in [-0.25, -0.2) is 12.8 Å². The van der Waals surface area contributed by atoms with E-state index in [0.29, 0.717) is 42.1 Å². The highest BCUT2D eigenvalue weighted by atomic mass is 32.2. The van der Waals surface area contributed by atoms with Gasteiger partial charge in [0.15, 0.2) is 0 Å². The average Bonchev–Trinajstić information content (AvgIpc) is 3.13. The van der Waals surface area contributed by atoms with E-state index in [9.17, 15) is 12.8 Å².